The van der Waals surface area contributed by atoms with Crippen molar-refractivity contribution in [2.24, 2.45) is 4.40 Å². The number of amidine groups is 1. The average molecular weight is 369 g/mol. The van der Waals surface area contributed by atoms with Crippen molar-refractivity contribution in [3.8, 4) is 0 Å². The van der Waals surface area contributed by atoms with E-state index in [1.807, 2.05) is 0 Å². The lowest BCUT2D eigenvalue weighted by Crippen LogP contribution is -2.30. The number of thioether (sulfide) groups is 1. The van der Waals surface area contributed by atoms with Gasteiger partial charge in [0, 0.05) is 26.8 Å². The fraction of sp³-hybridized carbons (Fsp3) is 0.200. The van der Waals surface area contributed by atoms with Crippen LogP contribution in [0.5, 0.6) is 0 Å². The highest BCUT2D eigenvalue weighted by Gasteiger charge is 2.34. The molecule has 1 saturated heterocycles. The molecule has 0 unspecified atom stereocenters. The maximum Gasteiger partial charge on any atom is 0.284 e. The van der Waals surface area contributed by atoms with Gasteiger partial charge in [-0.25, -0.2) is 4.39 Å². The van der Waals surface area contributed by atoms with E-state index in [0.717, 1.165) is 36.0 Å². The van der Waals surface area contributed by atoms with Crippen LogP contribution in [0, 0.1) is 5.82 Å². The van der Waals surface area contributed by atoms with Crippen molar-refractivity contribution in [3.63, 3.8) is 0 Å². The molecule has 1 aliphatic rings. The fourth-order valence-electron chi connectivity index (χ4n) is 1.85. The van der Waals surface area contributed by atoms with E-state index in [9.17, 15) is 17.6 Å². The minimum absolute atomic E-state index is 0.0392. The number of rotatable bonds is 5. The summed E-state index contributed by atoms with van der Waals surface area (Å²) < 4.78 is 41.4. The first-order valence-electron chi connectivity index (χ1n) is 6.84. The van der Waals surface area contributed by atoms with Gasteiger partial charge in [-0.3, -0.25) is 9.69 Å². The van der Waals surface area contributed by atoms with Crippen molar-refractivity contribution in [2.75, 3.05) is 20.6 Å². The van der Waals surface area contributed by atoms with Crippen LogP contribution in [0.25, 0.3) is 0 Å². The standard InChI is InChI=1S/C15H16FN3O3S2/c1-4-9-19-14(20)13(10-18(2)3)23-15(19)17-24(21,22)12-7-5-11(16)6-8-12/h4-8,10H,1,9H2,2-3H3/b13-10-,17-15-. The molecule has 0 saturated carbocycles. The Morgan fingerprint density at radius 3 is 2.50 bits per heavy atom. The summed E-state index contributed by atoms with van der Waals surface area (Å²) in [6, 6.07) is 4.34. The Bertz CT molecular complexity index is 815. The SMILES string of the molecule is C=CCN1C(=O)/C(=C/N(C)C)S/C1=N\S(=O)(=O)c1ccc(F)cc1. The van der Waals surface area contributed by atoms with Gasteiger partial charge in [0.2, 0.25) is 0 Å². The second kappa shape index (κ2) is 7.18. The molecule has 1 fully saturated rings. The molecule has 0 atom stereocenters. The normalized spacial score (nSPS) is 18.5. The van der Waals surface area contributed by atoms with Crippen LogP contribution in [0.2, 0.25) is 0 Å². The molecular formula is C15H16FN3O3S2. The lowest BCUT2D eigenvalue weighted by molar-refractivity contribution is -0.121. The number of hydrogen-bond acceptors (Lipinski definition) is 5. The van der Waals surface area contributed by atoms with Gasteiger partial charge in [-0.2, -0.15) is 8.42 Å². The summed E-state index contributed by atoms with van der Waals surface area (Å²) in [5.41, 5.74) is 0. The average Bonchev–Trinajstić information content (AvgIpc) is 2.75. The van der Waals surface area contributed by atoms with Gasteiger partial charge in [-0.1, -0.05) is 6.08 Å². The first kappa shape index (κ1) is 18.2. The van der Waals surface area contributed by atoms with E-state index >= 15 is 0 Å². The number of carbonyl (C=O) groups excluding carboxylic acids is 1. The molecule has 1 amide bonds. The van der Waals surface area contributed by atoms with Crippen molar-refractivity contribution in [1.29, 1.82) is 0 Å². The van der Waals surface area contributed by atoms with Crippen molar-refractivity contribution < 1.29 is 17.6 Å². The predicted octanol–water partition coefficient (Wildman–Crippen LogP) is 2.03. The minimum atomic E-state index is -4.06. The maximum absolute atomic E-state index is 13.0. The Labute approximate surface area is 144 Å². The van der Waals surface area contributed by atoms with Crippen LogP contribution in [0.4, 0.5) is 4.39 Å². The molecule has 24 heavy (non-hydrogen) atoms. The fourth-order valence-corrected chi connectivity index (χ4v) is 4.11. The van der Waals surface area contributed by atoms with Crippen LogP contribution in [-0.4, -0.2) is 49.9 Å². The van der Waals surface area contributed by atoms with Gasteiger partial charge in [-0.05, 0) is 36.0 Å². The Kier molecular flexibility index (Phi) is 5.45. The minimum Gasteiger partial charge on any atom is -0.382 e. The Balaban J connectivity index is 2.43. The summed E-state index contributed by atoms with van der Waals surface area (Å²) in [4.78, 5) is 15.5. The summed E-state index contributed by atoms with van der Waals surface area (Å²) in [5, 5.41) is 0.0392. The van der Waals surface area contributed by atoms with Gasteiger partial charge in [0.15, 0.2) is 5.17 Å². The number of benzene rings is 1. The number of halogens is 1. The van der Waals surface area contributed by atoms with E-state index in [-0.39, 0.29) is 22.5 Å². The zero-order valence-corrected chi connectivity index (χ0v) is 14.8. The van der Waals surface area contributed by atoms with Gasteiger partial charge >= 0.3 is 0 Å². The molecule has 6 nitrogen and oxygen atoms in total. The third-order valence-corrected chi connectivity index (χ3v) is 5.28. The van der Waals surface area contributed by atoms with E-state index in [1.165, 1.54) is 11.0 Å². The van der Waals surface area contributed by atoms with Crippen molar-refractivity contribution in [2.45, 2.75) is 4.90 Å². The molecule has 9 heteroatoms. The quantitative estimate of drug-likeness (QED) is 0.587. The van der Waals surface area contributed by atoms with Crippen LogP contribution in [0.3, 0.4) is 0 Å². The molecule has 0 spiro atoms. The molecule has 0 N–H and O–H groups in total. The number of carbonyl (C=O) groups is 1. The van der Waals surface area contributed by atoms with E-state index in [4.69, 9.17) is 0 Å². The van der Waals surface area contributed by atoms with Gasteiger partial charge < -0.3 is 4.90 Å². The molecule has 0 bridgehead atoms. The number of nitrogens with zero attached hydrogens (tertiary/aromatic N) is 3. The topological polar surface area (TPSA) is 70.1 Å². The van der Waals surface area contributed by atoms with E-state index < -0.39 is 15.8 Å². The number of amides is 1. The first-order chi connectivity index (χ1) is 11.2. The molecule has 0 radical (unpaired) electrons. The van der Waals surface area contributed by atoms with Crippen molar-refractivity contribution >= 4 is 32.9 Å². The second-order valence-corrected chi connectivity index (χ2v) is 7.68. The van der Waals surface area contributed by atoms with Gasteiger partial charge in [0.1, 0.15) is 5.82 Å². The van der Waals surface area contributed by atoms with Crippen LogP contribution in [-0.2, 0) is 14.8 Å². The molecule has 1 aromatic rings. The van der Waals surface area contributed by atoms with Crippen LogP contribution < -0.4 is 0 Å². The van der Waals surface area contributed by atoms with Crippen molar-refractivity contribution in [1.82, 2.24) is 9.80 Å². The summed E-state index contributed by atoms with van der Waals surface area (Å²) in [6.45, 7) is 3.70. The van der Waals surface area contributed by atoms with Crippen LogP contribution >= 0.6 is 11.8 Å². The van der Waals surface area contributed by atoms with Gasteiger partial charge in [0.25, 0.3) is 15.9 Å². The zero-order chi connectivity index (χ0) is 17.9. The largest absolute Gasteiger partial charge is 0.382 e. The molecular weight excluding hydrogens is 353 g/mol. The molecule has 0 aliphatic carbocycles. The zero-order valence-electron chi connectivity index (χ0n) is 13.1. The van der Waals surface area contributed by atoms with Crippen LogP contribution in [0.1, 0.15) is 0 Å². The molecule has 2 rings (SSSR count). The summed E-state index contributed by atoms with van der Waals surface area (Å²) >= 11 is 0.965. The smallest absolute Gasteiger partial charge is 0.284 e. The predicted molar refractivity (Wildman–Crippen MR) is 92.3 cm³/mol. The maximum atomic E-state index is 13.0. The first-order valence-corrected chi connectivity index (χ1v) is 9.09. The summed E-state index contributed by atoms with van der Waals surface area (Å²) in [5.74, 6) is -0.891. The lowest BCUT2D eigenvalue weighted by Gasteiger charge is -2.12. The Hall–Kier alpha value is -2.13. The molecule has 128 valence electrons. The van der Waals surface area contributed by atoms with E-state index in [0.29, 0.717) is 4.91 Å². The third kappa shape index (κ3) is 4.04. The van der Waals surface area contributed by atoms with E-state index in [1.54, 1.807) is 25.2 Å². The monoisotopic (exact) mass is 369 g/mol. The van der Waals surface area contributed by atoms with Gasteiger partial charge in [0.05, 0.1) is 9.80 Å². The number of hydrogen-bond donors (Lipinski definition) is 0. The lowest BCUT2D eigenvalue weighted by atomic mass is 10.4. The Morgan fingerprint density at radius 2 is 1.96 bits per heavy atom. The highest BCUT2D eigenvalue weighted by atomic mass is 32.2. The molecule has 1 aromatic carbocycles. The third-order valence-electron chi connectivity index (χ3n) is 2.88. The molecule has 1 aliphatic heterocycles. The van der Waals surface area contributed by atoms with Crippen LogP contribution in [0.15, 0.2) is 57.3 Å². The van der Waals surface area contributed by atoms with Crippen molar-refractivity contribution in [3.05, 3.63) is 53.8 Å². The highest BCUT2D eigenvalue weighted by molar-refractivity contribution is 8.19. The van der Waals surface area contributed by atoms with Gasteiger partial charge in [-0.15, -0.1) is 11.0 Å². The second-order valence-electron chi connectivity index (χ2n) is 5.07. The number of sulfonamides is 1. The summed E-state index contributed by atoms with van der Waals surface area (Å²) in [6.07, 6.45) is 3.08. The van der Waals surface area contributed by atoms with E-state index in [2.05, 4.69) is 11.0 Å². The molecule has 1 heterocycles. The highest BCUT2D eigenvalue weighted by Crippen LogP contribution is 2.32. The summed E-state index contributed by atoms with van der Waals surface area (Å²) in [7, 11) is -0.549. The molecule has 0 aromatic heterocycles. The Morgan fingerprint density at radius 1 is 1.33 bits per heavy atom.